The van der Waals surface area contributed by atoms with Crippen molar-refractivity contribution in [2.24, 2.45) is 11.8 Å². The van der Waals surface area contributed by atoms with E-state index in [2.05, 4.69) is 5.32 Å². The first kappa shape index (κ1) is 12.4. The summed E-state index contributed by atoms with van der Waals surface area (Å²) in [5, 5.41) is 2.87. The number of alkyl carbamates (subject to hydrolysis) is 1. The lowest BCUT2D eigenvalue weighted by molar-refractivity contribution is -0.129. The molecule has 2 saturated carbocycles. The number of ether oxygens (including phenoxy) is 1. The lowest BCUT2D eigenvalue weighted by Gasteiger charge is -2.43. The van der Waals surface area contributed by atoms with Gasteiger partial charge in [0.2, 0.25) is 0 Å². The van der Waals surface area contributed by atoms with Crippen molar-refractivity contribution in [3.8, 4) is 0 Å². The molecule has 2 fully saturated rings. The van der Waals surface area contributed by atoms with Gasteiger partial charge in [-0.05, 0) is 45.4 Å². The largest absolute Gasteiger partial charge is 0.444 e. The molecule has 0 atom stereocenters. The molecule has 1 N–H and O–H groups in total. The van der Waals surface area contributed by atoms with Gasteiger partial charge in [0, 0.05) is 18.9 Å². The molecule has 0 saturated heterocycles. The van der Waals surface area contributed by atoms with Crippen LogP contribution in [-0.4, -0.2) is 23.5 Å². The normalized spacial score (nSPS) is 29.2. The van der Waals surface area contributed by atoms with Crippen molar-refractivity contribution >= 4 is 11.9 Å². The highest BCUT2D eigenvalue weighted by molar-refractivity contribution is 5.84. The predicted molar refractivity (Wildman–Crippen MR) is 63.6 cm³/mol. The molecule has 0 aliphatic heterocycles. The third kappa shape index (κ3) is 3.20. The maximum atomic E-state index is 11.5. The molecule has 0 aromatic rings. The topological polar surface area (TPSA) is 55.4 Å². The van der Waals surface area contributed by atoms with Crippen LogP contribution in [-0.2, 0) is 9.53 Å². The number of carbonyl (C=O) groups excluding carboxylic acids is 2. The van der Waals surface area contributed by atoms with Crippen molar-refractivity contribution < 1.29 is 14.3 Å². The lowest BCUT2D eigenvalue weighted by atomic mass is 9.64. The molecule has 2 rings (SSSR count). The summed E-state index contributed by atoms with van der Waals surface area (Å²) in [4.78, 5) is 22.4. The number of hydrogen-bond acceptors (Lipinski definition) is 3. The minimum atomic E-state index is -0.437. The summed E-state index contributed by atoms with van der Waals surface area (Å²) in [6.45, 7) is 5.57. The molecule has 17 heavy (non-hydrogen) atoms. The van der Waals surface area contributed by atoms with Crippen LogP contribution in [0.3, 0.4) is 0 Å². The summed E-state index contributed by atoms with van der Waals surface area (Å²) < 4.78 is 5.19. The molecule has 0 radical (unpaired) electrons. The third-order valence-electron chi connectivity index (χ3n) is 3.54. The molecule has 0 spiro atoms. The Morgan fingerprint density at radius 1 is 1.24 bits per heavy atom. The quantitative estimate of drug-likeness (QED) is 0.804. The number of nitrogens with one attached hydrogen (secondary N) is 1. The Hall–Kier alpha value is -1.06. The van der Waals surface area contributed by atoms with Crippen LogP contribution < -0.4 is 5.32 Å². The maximum absolute atomic E-state index is 11.5. The molecule has 0 aromatic heterocycles. The minimum Gasteiger partial charge on any atom is -0.444 e. The van der Waals surface area contributed by atoms with Crippen LogP contribution >= 0.6 is 0 Å². The zero-order valence-electron chi connectivity index (χ0n) is 10.8. The van der Waals surface area contributed by atoms with Crippen LogP contribution in [0.5, 0.6) is 0 Å². The molecule has 0 bridgehead atoms. The van der Waals surface area contributed by atoms with Gasteiger partial charge in [-0.2, -0.15) is 0 Å². The van der Waals surface area contributed by atoms with Crippen molar-refractivity contribution in [2.75, 3.05) is 0 Å². The lowest BCUT2D eigenvalue weighted by Crippen LogP contribution is -2.49. The van der Waals surface area contributed by atoms with Crippen molar-refractivity contribution in [1.29, 1.82) is 0 Å². The molecule has 4 nitrogen and oxygen atoms in total. The Balaban J connectivity index is 1.64. The fourth-order valence-corrected chi connectivity index (χ4v) is 2.50. The van der Waals surface area contributed by atoms with Crippen LogP contribution in [0.4, 0.5) is 4.79 Å². The second-order valence-electron chi connectivity index (χ2n) is 6.28. The van der Waals surface area contributed by atoms with Gasteiger partial charge < -0.3 is 10.1 Å². The zero-order valence-corrected chi connectivity index (χ0v) is 10.8. The van der Waals surface area contributed by atoms with E-state index in [1.807, 2.05) is 20.8 Å². The first-order valence-corrected chi connectivity index (χ1v) is 6.35. The Labute approximate surface area is 102 Å². The Morgan fingerprint density at radius 2 is 1.82 bits per heavy atom. The van der Waals surface area contributed by atoms with Crippen LogP contribution in [0.2, 0.25) is 0 Å². The van der Waals surface area contributed by atoms with Gasteiger partial charge in [0.25, 0.3) is 0 Å². The molecular formula is C13H21NO3. The first-order chi connectivity index (χ1) is 7.83. The number of ketones is 1. The molecule has 96 valence electrons. The number of hydrogen-bond donors (Lipinski definition) is 1. The number of amides is 1. The van der Waals surface area contributed by atoms with Crippen molar-refractivity contribution in [2.45, 2.75) is 58.1 Å². The monoisotopic (exact) mass is 239 g/mol. The smallest absolute Gasteiger partial charge is 0.407 e. The van der Waals surface area contributed by atoms with Gasteiger partial charge in [0.15, 0.2) is 0 Å². The highest BCUT2D eigenvalue weighted by Crippen LogP contribution is 2.42. The van der Waals surface area contributed by atoms with Crippen molar-refractivity contribution in [3.05, 3.63) is 0 Å². The third-order valence-corrected chi connectivity index (χ3v) is 3.54. The van der Waals surface area contributed by atoms with Gasteiger partial charge in [-0.1, -0.05) is 0 Å². The summed E-state index contributed by atoms with van der Waals surface area (Å²) in [6.07, 6.45) is 3.17. The summed E-state index contributed by atoms with van der Waals surface area (Å²) in [7, 11) is 0. The highest BCUT2D eigenvalue weighted by Gasteiger charge is 2.41. The average molecular weight is 239 g/mol. The Kier molecular flexibility index (Phi) is 3.15. The summed E-state index contributed by atoms with van der Waals surface area (Å²) in [6, 6.07) is 0.241. The van der Waals surface area contributed by atoms with Gasteiger partial charge in [0.1, 0.15) is 11.4 Å². The van der Waals surface area contributed by atoms with Crippen LogP contribution in [0.1, 0.15) is 46.5 Å². The maximum Gasteiger partial charge on any atom is 0.407 e. The van der Waals surface area contributed by atoms with Gasteiger partial charge in [-0.15, -0.1) is 0 Å². The van der Waals surface area contributed by atoms with E-state index in [4.69, 9.17) is 4.74 Å². The highest BCUT2D eigenvalue weighted by atomic mass is 16.6. The standard InChI is InChI=1S/C13H21NO3/c1-13(2,3)17-12(16)14-10-4-8(5-10)9-6-11(15)7-9/h8-10H,4-7H2,1-3H3,(H,14,16). The van der Waals surface area contributed by atoms with E-state index in [0.29, 0.717) is 17.6 Å². The van der Waals surface area contributed by atoms with E-state index < -0.39 is 5.60 Å². The van der Waals surface area contributed by atoms with Gasteiger partial charge in [-0.25, -0.2) is 4.79 Å². The van der Waals surface area contributed by atoms with E-state index in [1.54, 1.807) is 0 Å². The van der Waals surface area contributed by atoms with Gasteiger partial charge in [-0.3, -0.25) is 4.79 Å². The number of carbonyl (C=O) groups is 2. The average Bonchev–Trinajstić information content (AvgIpc) is 2.02. The van der Waals surface area contributed by atoms with Crippen molar-refractivity contribution in [3.63, 3.8) is 0 Å². The van der Waals surface area contributed by atoms with E-state index in [9.17, 15) is 9.59 Å². The molecule has 4 heteroatoms. The fraction of sp³-hybridized carbons (Fsp3) is 0.846. The van der Waals surface area contributed by atoms with E-state index in [1.165, 1.54) is 0 Å². The molecule has 1 amide bonds. The van der Waals surface area contributed by atoms with E-state index in [0.717, 1.165) is 25.7 Å². The second-order valence-corrected chi connectivity index (χ2v) is 6.28. The number of Topliss-reactive ketones (excluding diaryl/α,β-unsaturated/α-hetero) is 1. The molecule has 0 heterocycles. The predicted octanol–water partition coefficient (Wildman–Crippen LogP) is 2.27. The molecule has 0 unspecified atom stereocenters. The number of rotatable bonds is 2. The van der Waals surface area contributed by atoms with Crippen molar-refractivity contribution in [1.82, 2.24) is 5.32 Å². The second kappa shape index (κ2) is 4.31. The summed E-state index contributed by atoms with van der Waals surface area (Å²) in [5.41, 5.74) is -0.437. The molecular weight excluding hydrogens is 218 g/mol. The Morgan fingerprint density at radius 3 is 2.29 bits per heavy atom. The van der Waals surface area contributed by atoms with E-state index in [-0.39, 0.29) is 12.1 Å². The molecule has 0 aromatic carbocycles. The zero-order chi connectivity index (χ0) is 12.6. The summed E-state index contributed by atoms with van der Waals surface area (Å²) in [5.74, 6) is 1.60. The SMILES string of the molecule is CC(C)(C)OC(=O)NC1CC(C2CC(=O)C2)C1. The van der Waals surface area contributed by atoms with E-state index >= 15 is 0 Å². The minimum absolute atomic E-state index is 0.241. The van der Waals surface area contributed by atoms with Gasteiger partial charge in [0.05, 0.1) is 0 Å². The van der Waals surface area contributed by atoms with Crippen LogP contribution in [0, 0.1) is 11.8 Å². The Bertz CT molecular complexity index is 318. The molecule has 2 aliphatic carbocycles. The van der Waals surface area contributed by atoms with Crippen LogP contribution in [0.25, 0.3) is 0 Å². The fourth-order valence-electron chi connectivity index (χ4n) is 2.50. The first-order valence-electron chi connectivity index (χ1n) is 6.35. The van der Waals surface area contributed by atoms with Gasteiger partial charge >= 0.3 is 6.09 Å². The van der Waals surface area contributed by atoms with Crippen LogP contribution in [0.15, 0.2) is 0 Å². The molecule has 2 aliphatic rings. The summed E-state index contributed by atoms with van der Waals surface area (Å²) >= 11 is 0.